The van der Waals surface area contributed by atoms with Gasteiger partial charge in [-0.25, -0.2) is 9.67 Å². The molecule has 0 atom stereocenters. The van der Waals surface area contributed by atoms with Crippen LogP contribution in [0.3, 0.4) is 0 Å². The number of hydrogen-bond donors (Lipinski definition) is 2. The maximum absolute atomic E-state index is 10.8. The van der Waals surface area contributed by atoms with Crippen molar-refractivity contribution in [1.82, 2.24) is 35.4 Å². The van der Waals surface area contributed by atoms with Crippen LogP contribution < -0.4 is 0 Å². The molecule has 0 unspecified atom stereocenters. The van der Waals surface area contributed by atoms with Crippen molar-refractivity contribution in [3.8, 4) is 22.5 Å². The molecule has 33 heavy (non-hydrogen) atoms. The maximum atomic E-state index is 10.8. The van der Waals surface area contributed by atoms with E-state index in [9.17, 15) is 4.79 Å². The van der Waals surface area contributed by atoms with Gasteiger partial charge in [0.15, 0.2) is 5.82 Å². The number of carboxylic acids is 1. The largest absolute Gasteiger partial charge is 0.481 e. The van der Waals surface area contributed by atoms with Crippen LogP contribution in [0.2, 0.25) is 0 Å². The normalized spacial score (nSPS) is 11.1. The van der Waals surface area contributed by atoms with Crippen molar-refractivity contribution in [2.45, 2.75) is 52.0 Å². The fourth-order valence-electron chi connectivity index (χ4n) is 3.77. The Labute approximate surface area is 191 Å². The lowest BCUT2D eigenvalue weighted by Gasteiger charge is -2.11. The number of unbranched alkanes of at least 4 members (excludes halogenated alkanes) is 1. The molecule has 9 heteroatoms. The van der Waals surface area contributed by atoms with Crippen LogP contribution in [0.25, 0.3) is 22.5 Å². The van der Waals surface area contributed by atoms with Gasteiger partial charge in [0.05, 0.1) is 6.54 Å². The highest BCUT2D eigenvalue weighted by atomic mass is 16.4. The first-order chi connectivity index (χ1) is 16.1. The molecule has 0 aliphatic carbocycles. The minimum atomic E-state index is -0.798. The SMILES string of the molecule is CCCCc1nc(CCCC(=O)O)nn1Cc1ccc(-c2ccccc2)c(-c2nn[nH]n2)c1. The molecule has 0 fully saturated rings. The molecular formula is C24H27N7O2. The highest BCUT2D eigenvalue weighted by Crippen LogP contribution is 2.31. The second-order valence-electron chi connectivity index (χ2n) is 7.93. The Bertz CT molecular complexity index is 1190. The molecule has 0 aliphatic rings. The zero-order valence-electron chi connectivity index (χ0n) is 18.6. The molecule has 2 aromatic heterocycles. The van der Waals surface area contributed by atoms with Gasteiger partial charge in [0.1, 0.15) is 5.82 Å². The van der Waals surface area contributed by atoms with Crippen molar-refractivity contribution >= 4 is 5.97 Å². The molecule has 4 rings (SSSR count). The summed E-state index contributed by atoms with van der Waals surface area (Å²) in [5.74, 6) is 1.36. The standard InChI is InChI=1S/C24H27N7O2/c1-2-3-11-22-25-21(10-7-12-23(32)33)28-31(22)16-17-13-14-19(18-8-5-4-6-9-18)20(15-17)24-26-29-30-27-24/h4-6,8-9,13-15H,2-3,7,10-12,16H2,1H3,(H,32,33)(H,26,27,29,30). The number of nitrogens with zero attached hydrogens (tertiary/aromatic N) is 6. The molecule has 2 aromatic carbocycles. The third-order valence-electron chi connectivity index (χ3n) is 5.42. The van der Waals surface area contributed by atoms with Gasteiger partial charge in [0.2, 0.25) is 5.82 Å². The van der Waals surface area contributed by atoms with E-state index in [2.05, 4.69) is 57.9 Å². The second-order valence-corrected chi connectivity index (χ2v) is 7.93. The minimum absolute atomic E-state index is 0.119. The molecule has 0 bridgehead atoms. The number of benzene rings is 2. The van der Waals surface area contributed by atoms with E-state index in [1.54, 1.807) is 0 Å². The van der Waals surface area contributed by atoms with E-state index < -0.39 is 5.97 Å². The summed E-state index contributed by atoms with van der Waals surface area (Å²) in [6.07, 6.45) is 4.12. The number of carbonyl (C=O) groups is 1. The Morgan fingerprint density at radius 1 is 1.06 bits per heavy atom. The first kappa shape index (κ1) is 22.3. The highest BCUT2D eigenvalue weighted by molar-refractivity contribution is 5.80. The zero-order chi connectivity index (χ0) is 23.0. The molecule has 170 valence electrons. The molecule has 9 nitrogen and oxygen atoms in total. The third-order valence-corrected chi connectivity index (χ3v) is 5.42. The van der Waals surface area contributed by atoms with E-state index >= 15 is 0 Å². The smallest absolute Gasteiger partial charge is 0.303 e. The number of aliphatic carboxylic acids is 1. The van der Waals surface area contributed by atoms with E-state index in [0.29, 0.717) is 31.0 Å². The molecule has 0 saturated heterocycles. The summed E-state index contributed by atoms with van der Waals surface area (Å²) in [5.41, 5.74) is 4.05. The summed E-state index contributed by atoms with van der Waals surface area (Å²) in [6, 6.07) is 16.3. The topological polar surface area (TPSA) is 122 Å². The number of hydrogen-bond acceptors (Lipinski definition) is 6. The van der Waals surface area contributed by atoms with Crippen molar-refractivity contribution in [2.75, 3.05) is 0 Å². The van der Waals surface area contributed by atoms with Crippen LogP contribution in [-0.2, 0) is 24.2 Å². The van der Waals surface area contributed by atoms with Gasteiger partial charge >= 0.3 is 5.97 Å². The van der Waals surface area contributed by atoms with Crippen LogP contribution >= 0.6 is 0 Å². The summed E-state index contributed by atoms with van der Waals surface area (Å²) in [4.78, 5) is 15.5. The van der Waals surface area contributed by atoms with Gasteiger partial charge in [-0.2, -0.15) is 10.3 Å². The average Bonchev–Trinajstić information content (AvgIpc) is 3.48. The van der Waals surface area contributed by atoms with Crippen LogP contribution in [0.5, 0.6) is 0 Å². The summed E-state index contributed by atoms with van der Waals surface area (Å²) >= 11 is 0. The number of aryl methyl sites for hydroxylation is 2. The summed E-state index contributed by atoms with van der Waals surface area (Å²) in [6.45, 7) is 2.71. The van der Waals surface area contributed by atoms with Gasteiger partial charge in [-0.15, -0.1) is 10.2 Å². The van der Waals surface area contributed by atoms with Gasteiger partial charge in [-0.05, 0) is 40.8 Å². The number of rotatable bonds is 11. The summed E-state index contributed by atoms with van der Waals surface area (Å²) in [5, 5.41) is 28.3. The molecule has 0 saturated carbocycles. The van der Waals surface area contributed by atoms with Crippen LogP contribution in [0.4, 0.5) is 0 Å². The van der Waals surface area contributed by atoms with Crippen molar-refractivity contribution in [1.29, 1.82) is 0 Å². The molecule has 0 spiro atoms. The van der Waals surface area contributed by atoms with Crippen molar-refractivity contribution in [3.63, 3.8) is 0 Å². The predicted molar refractivity (Wildman–Crippen MR) is 123 cm³/mol. The molecule has 0 aliphatic heterocycles. The fourth-order valence-corrected chi connectivity index (χ4v) is 3.77. The number of H-pyrrole nitrogens is 1. The first-order valence-corrected chi connectivity index (χ1v) is 11.2. The lowest BCUT2D eigenvalue weighted by atomic mass is 9.97. The number of aromatic nitrogens is 7. The van der Waals surface area contributed by atoms with E-state index in [1.165, 1.54) is 0 Å². The quantitative estimate of drug-likeness (QED) is 0.359. The first-order valence-electron chi connectivity index (χ1n) is 11.2. The number of aromatic amines is 1. The molecule has 0 amide bonds. The highest BCUT2D eigenvalue weighted by Gasteiger charge is 2.15. The van der Waals surface area contributed by atoms with Crippen LogP contribution in [0.1, 0.15) is 49.8 Å². The molecule has 0 radical (unpaired) electrons. The molecule has 2 N–H and O–H groups in total. The summed E-state index contributed by atoms with van der Waals surface area (Å²) < 4.78 is 1.93. The Hall–Kier alpha value is -3.88. The van der Waals surface area contributed by atoms with Crippen LogP contribution in [-0.4, -0.2) is 46.5 Å². The lowest BCUT2D eigenvalue weighted by Crippen LogP contribution is -2.08. The predicted octanol–water partition coefficient (Wildman–Crippen LogP) is 3.92. The van der Waals surface area contributed by atoms with E-state index in [0.717, 1.165) is 47.3 Å². The van der Waals surface area contributed by atoms with E-state index in [1.807, 2.05) is 22.9 Å². The number of nitrogens with one attached hydrogen (secondary N) is 1. The zero-order valence-corrected chi connectivity index (χ0v) is 18.6. The van der Waals surface area contributed by atoms with E-state index in [-0.39, 0.29) is 6.42 Å². The maximum Gasteiger partial charge on any atom is 0.303 e. The Balaban J connectivity index is 1.63. The fraction of sp³-hybridized carbons (Fsp3) is 0.333. The number of tetrazole rings is 1. The lowest BCUT2D eigenvalue weighted by molar-refractivity contribution is -0.137. The summed E-state index contributed by atoms with van der Waals surface area (Å²) in [7, 11) is 0. The minimum Gasteiger partial charge on any atom is -0.481 e. The van der Waals surface area contributed by atoms with E-state index in [4.69, 9.17) is 15.2 Å². The van der Waals surface area contributed by atoms with Gasteiger partial charge in [0, 0.05) is 24.8 Å². The molecule has 4 aromatic rings. The Morgan fingerprint density at radius 3 is 2.64 bits per heavy atom. The van der Waals surface area contributed by atoms with Gasteiger partial charge in [-0.1, -0.05) is 55.8 Å². The number of carboxylic acid groups (broad SMARTS) is 1. The van der Waals surface area contributed by atoms with Crippen LogP contribution in [0.15, 0.2) is 48.5 Å². The third kappa shape index (κ3) is 5.68. The van der Waals surface area contributed by atoms with Crippen molar-refractivity contribution in [3.05, 3.63) is 65.7 Å². The second kappa shape index (κ2) is 10.6. The Morgan fingerprint density at radius 2 is 1.91 bits per heavy atom. The van der Waals surface area contributed by atoms with Gasteiger partial charge < -0.3 is 5.11 Å². The van der Waals surface area contributed by atoms with Crippen molar-refractivity contribution in [2.24, 2.45) is 0 Å². The Kier molecular flexibility index (Phi) is 7.19. The molecule has 2 heterocycles. The van der Waals surface area contributed by atoms with Gasteiger partial charge in [0.25, 0.3) is 0 Å². The monoisotopic (exact) mass is 445 g/mol. The van der Waals surface area contributed by atoms with Crippen molar-refractivity contribution < 1.29 is 9.90 Å². The molecular weight excluding hydrogens is 418 g/mol. The van der Waals surface area contributed by atoms with Gasteiger partial charge in [-0.3, -0.25) is 4.79 Å². The van der Waals surface area contributed by atoms with Crippen LogP contribution in [0, 0.1) is 0 Å². The average molecular weight is 446 g/mol.